The second-order valence-corrected chi connectivity index (χ2v) is 9.02. The Balaban J connectivity index is 1.73. The molecule has 0 atom stereocenters. The van der Waals surface area contributed by atoms with E-state index < -0.39 is 15.9 Å². The molecule has 10 heteroatoms. The van der Waals surface area contributed by atoms with Gasteiger partial charge in [-0.15, -0.1) is 11.3 Å². The first kappa shape index (κ1) is 18.6. The van der Waals surface area contributed by atoms with Crippen molar-refractivity contribution in [3.05, 3.63) is 39.8 Å². The summed E-state index contributed by atoms with van der Waals surface area (Å²) >= 11 is 1.39. The molecular weight excluding hydrogens is 376 g/mol. The summed E-state index contributed by atoms with van der Waals surface area (Å²) in [7, 11) is -2.17. The van der Waals surface area contributed by atoms with E-state index in [1.54, 1.807) is 11.9 Å². The van der Waals surface area contributed by atoms with Crippen molar-refractivity contribution >= 4 is 33.2 Å². The molecule has 26 heavy (non-hydrogen) atoms. The Morgan fingerprint density at radius 3 is 2.35 bits per heavy atom. The number of piperazine rings is 1. The first-order valence-corrected chi connectivity index (χ1v) is 10.3. The van der Waals surface area contributed by atoms with Gasteiger partial charge in [-0.25, -0.2) is 8.42 Å². The Kier molecular flexibility index (Phi) is 4.91. The predicted molar refractivity (Wildman–Crippen MR) is 97.6 cm³/mol. The number of hydrogen-bond donors (Lipinski definition) is 1. The quantitative estimate of drug-likeness (QED) is 0.818. The lowest BCUT2D eigenvalue weighted by Gasteiger charge is -2.33. The van der Waals surface area contributed by atoms with Crippen LogP contribution >= 0.6 is 11.3 Å². The van der Waals surface area contributed by atoms with Gasteiger partial charge in [-0.2, -0.15) is 4.31 Å². The number of rotatable bonds is 4. The molecule has 2 aromatic rings. The van der Waals surface area contributed by atoms with Gasteiger partial charge in [-0.1, -0.05) is 0 Å². The SMILES string of the molecule is Cc1ccsc1C(=O)N1CCN(S(=O)(=O)c2cc(C(N)=O)n(C)c2)CC1. The first-order valence-electron chi connectivity index (χ1n) is 8.01. The standard InChI is InChI=1S/C16H20N4O4S2/c1-11-3-8-25-14(11)16(22)19-4-6-20(7-5-19)26(23,24)12-9-13(15(17)21)18(2)10-12/h3,8-10H,4-7H2,1-2H3,(H2,17,21). The highest BCUT2D eigenvalue weighted by atomic mass is 32.2. The maximum absolute atomic E-state index is 12.8. The summed E-state index contributed by atoms with van der Waals surface area (Å²) in [4.78, 5) is 26.3. The van der Waals surface area contributed by atoms with Gasteiger partial charge in [0.15, 0.2) is 0 Å². The van der Waals surface area contributed by atoms with Gasteiger partial charge in [-0.3, -0.25) is 9.59 Å². The largest absolute Gasteiger partial charge is 0.364 e. The lowest BCUT2D eigenvalue weighted by atomic mass is 10.2. The molecule has 2 N–H and O–H groups in total. The second-order valence-electron chi connectivity index (χ2n) is 6.17. The molecule has 3 heterocycles. The zero-order valence-electron chi connectivity index (χ0n) is 14.5. The van der Waals surface area contributed by atoms with Gasteiger partial charge in [-0.05, 0) is 30.0 Å². The number of sulfonamides is 1. The summed E-state index contributed by atoms with van der Waals surface area (Å²) in [5, 5.41) is 1.87. The van der Waals surface area contributed by atoms with Crippen molar-refractivity contribution < 1.29 is 18.0 Å². The van der Waals surface area contributed by atoms with Crippen LogP contribution in [-0.2, 0) is 17.1 Å². The summed E-state index contributed by atoms with van der Waals surface area (Å²) in [6.07, 6.45) is 1.38. The number of aryl methyl sites for hydroxylation is 2. The van der Waals surface area contributed by atoms with Crippen LogP contribution in [0, 0.1) is 6.92 Å². The first-order chi connectivity index (χ1) is 12.2. The van der Waals surface area contributed by atoms with Crippen molar-refractivity contribution in [1.82, 2.24) is 13.8 Å². The van der Waals surface area contributed by atoms with Crippen LogP contribution in [0.2, 0.25) is 0 Å². The van der Waals surface area contributed by atoms with Gasteiger partial charge in [0.25, 0.3) is 11.8 Å². The molecule has 8 nitrogen and oxygen atoms in total. The van der Waals surface area contributed by atoms with E-state index in [9.17, 15) is 18.0 Å². The van der Waals surface area contributed by atoms with Crippen LogP contribution in [0.3, 0.4) is 0 Å². The average Bonchev–Trinajstić information content (AvgIpc) is 3.20. The zero-order chi connectivity index (χ0) is 19.1. The van der Waals surface area contributed by atoms with Crippen molar-refractivity contribution in [3.63, 3.8) is 0 Å². The van der Waals surface area contributed by atoms with E-state index in [-0.39, 0.29) is 29.6 Å². The van der Waals surface area contributed by atoms with Gasteiger partial charge >= 0.3 is 0 Å². The van der Waals surface area contributed by atoms with Gasteiger partial charge in [0.2, 0.25) is 10.0 Å². The Labute approximate surface area is 155 Å². The molecule has 1 fully saturated rings. The predicted octanol–water partition coefficient (Wildman–Crippen LogP) is 0.641. The normalized spacial score (nSPS) is 16.0. The van der Waals surface area contributed by atoms with Crippen molar-refractivity contribution in [1.29, 1.82) is 0 Å². The minimum Gasteiger partial charge on any atom is -0.364 e. The molecule has 0 radical (unpaired) electrons. The highest BCUT2D eigenvalue weighted by Crippen LogP contribution is 2.22. The number of primary amides is 1. The summed E-state index contributed by atoms with van der Waals surface area (Å²) < 4.78 is 28.3. The molecule has 1 saturated heterocycles. The van der Waals surface area contributed by atoms with E-state index in [4.69, 9.17) is 5.73 Å². The van der Waals surface area contributed by atoms with E-state index in [2.05, 4.69) is 0 Å². The van der Waals surface area contributed by atoms with Crippen LogP contribution < -0.4 is 5.73 Å². The van der Waals surface area contributed by atoms with Crippen LogP contribution in [0.25, 0.3) is 0 Å². The smallest absolute Gasteiger partial charge is 0.265 e. The van der Waals surface area contributed by atoms with Crippen molar-refractivity contribution in [2.75, 3.05) is 26.2 Å². The molecule has 0 unspecified atom stereocenters. The third-order valence-corrected chi connectivity index (χ3v) is 7.32. The lowest BCUT2D eigenvalue weighted by molar-refractivity contribution is 0.0702. The van der Waals surface area contributed by atoms with Gasteiger partial charge in [0.05, 0.1) is 4.88 Å². The highest BCUT2D eigenvalue weighted by molar-refractivity contribution is 7.89. The monoisotopic (exact) mass is 396 g/mol. The molecule has 0 bridgehead atoms. The molecule has 0 aliphatic carbocycles. The van der Waals surface area contributed by atoms with E-state index in [1.165, 1.54) is 32.5 Å². The Morgan fingerprint density at radius 1 is 1.19 bits per heavy atom. The molecule has 0 aromatic carbocycles. The Bertz CT molecular complexity index is 953. The second kappa shape index (κ2) is 6.86. The number of hydrogen-bond acceptors (Lipinski definition) is 5. The zero-order valence-corrected chi connectivity index (χ0v) is 16.1. The fourth-order valence-corrected chi connectivity index (χ4v) is 5.32. The fraction of sp³-hybridized carbons (Fsp3) is 0.375. The average molecular weight is 396 g/mol. The number of aromatic nitrogens is 1. The highest BCUT2D eigenvalue weighted by Gasteiger charge is 2.32. The number of nitrogens with zero attached hydrogens (tertiary/aromatic N) is 3. The number of carbonyl (C=O) groups is 2. The third-order valence-electron chi connectivity index (χ3n) is 4.45. The van der Waals surface area contributed by atoms with E-state index in [0.717, 1.165) is 5.56 Å². The molecule has 2 aromatic heterocycles. The molecule has 3 rings (SSSR count). The summed E-state index contributed by atoms with van der Waals surface area (Å²) in [6.45, 7) is 2.95. The van der Waals surface area contributed by atoms with Crippen LogP contribution in [0.1, 0.15) is 25.7 Å². The number of amides is 2. The lowest BCUT2D eigenvalue weighted by Crippen LogP contribution is -2.50. The summed E-state index contributed by atoms with van der Waals surface area (Å²) in [5.74, 6) is -0.749. The van der Waals surface area contributed by atoms with Crippen molar-refractivity contribution in [3.8, 4) is 0 Å². The molecule has 0 saturated carbocycles. The van der Waals surface area contributed by atoms with E-state index in [1.807, 2.05) is 18.4 Å². The number of thiophene rings is 1. The Morgan fingerprint density at radius 2 is 1.85 bits per heavy atom. The molecule has 2 amide bonds. The molecule has 1 aliphatic heterocycles. The number of carbonyl (C=O) groups excluding carboxylic acids is 2. The van der Waals surface area contributed by atoms with E-state index in [0.29, 0.717) is 18.0 Å². The summed E-state index contributed by atoms with van der Waals surface area (Å²) in [6, 6.07) is 3.18. The molecule has 140 valence electrons. The molecule has 0 spiro atoms. The molecule has 1 aliphatic rings. The summed E-state index contributed by atoms with van der Waals surface area (Å²) in [5.41, 5.74) is 6.31. The third kappa shape index (κ3) is 3.27. The van der Waals surface area contributed by atoms with Gasteiger partial charge < -0.3 is 15.2 Å². The maximum Gasteiger partial charge on any atom is 0.265 e. The minimum absolute atomic E-state index is 0.0303. The fourth-order valence-electron chi connectivity index (χ4n) is 2.94. The minimum atomic E-state index is -3.74. The van der Waals surface area contributed by atoms with Crippen LogP contribution in [-0.4, -0.2) is 60.2 Å². The Hall–Kier alpha value is -2.17. The molecular formula is C16H20N4O4S2. The van der Waals surface area contributed by atoms with Crippen molar-refractivity contribution in [2.24, 2.45) is 12.8 Å². The van der Waals surface area contributed by atoms with Crippen molar-refractivity contribution in [2.45, 2.75) is 11.8 Å². The van der Waals surface area contributed by atoms with Gasteiger partial charge in [0.1, 0.15) is 10.6 Å². The van der Waals surface area contributed by atoms with Crippen LogP contribution in [0.4, 0.5) is 0 Å². The van der Waals surface area contributed by atoms with Crippen LogP contribution in [0.15, 0.2) is 28.6 Å². The van der Waals surface area contributed by atoms with Gasteiger partial charge in [0, 0.05) is 39.4 Å². The maximum atomic E-state index is 12.8. The number of nitrogens with two attached hydrogens (primary N) is 1. The van der Waals surface area contributed by atoms with E-state index >= 15 is 0 Å². The topological polar surface area (TPSA) is 106 Å². The van der Waals surface area contributed by atoms with Crippen LogP contribution in [0.5, 0.6) is 0 Å².